The number of rotatable bonds is 2. The van der Waals surface area contributed by atoms with Crippen molar-refractivity contribution in [2.75, 3.05) is 51.3 Å². The van der Waals surface area contributed by atoms with Gasteiger partial charge in [0.1, 0.15) is 12.4 Å². The summed E-state index contributed by atoms with van der Waals surface area (Å²) in [6.45, 7) is 10.5. The highest BCUT2D eigenvalue weighted by Crippen LogP contribution is 2.36. The zero-order valence-electron chi connectivity index (χ0n) is 14.1. The van der Waals surface area contributed by atoms with Crippen LogP contribution in [0.2, 0.25) is 0 Å². The maximum Gasteiger partial charge on any atom is 0.143 e. The molecule has 0 spiro atoms. The topological polar surface area (TPSA) is 19.0 Å². The van der Waals surface area contributed by atoms with Crippen molar-refractivity contribution in [1.82, 2.24) is 9.80 Å². The summed E-state index contributed by atoms with van der Waals surface area (Å²) < 4.78 is 6.06. The molecule has 1 aromatic carbocycles. The summed E-state index contributed by atoms with van der Waals surface area (Å²) in [4.78, 5) is 7.71. The van der Waals surface area contributed by atoms with E-state index >= 15 is 0 Å². The molecule has 4 heteroatoms. The fourth-order valence-corrected chi connectivity index (χ4v) is 4.23. The summed E-state index contributed by atoms with van der Waals surface area (Å²) in [5, 5.41) is 0. The van der Waals surface area contributed by atoms with E-state index in [1.54, 1.807) is 0 Å². The number of ether oxygens (including phenoxy) is 1. The highest BCUT2D eigenvalue weighted by molar-refractivity contribution is 5.66. The minimum atomic E-state index is 0.491. The largest absolute Gasteiger partial charge is 0.489 e. The molecule has 1 aromatic rings. The summed E-state index contributed by atoms with van der Waals surface area (Å²) in [6, 6.07) is 7.70. The van der Waals surface area contributed by atoms with Crippen LogP contribution in [0.4, 0.5) is 5.69 Å². The molecule has 3 heterocycles. The molecule has 0 aromatic heterocycles. The van der Waals surface area contributed by atoms with Gasteiger partial charge >= 0.3 is 0 Å². The van der Waals surface area contributed by atoms with E-state index < -0.39 is 0 Å². The Morgan fingerprint density at radius 3 is 2.74 bits per heavy atom. The fourth-order valence-electron chi connectivity index (χ4n) is 4.23. The molecule has 4 rings (SSSR count). The molecule has 0 unspecified atom stereocenters. The Morgan fingerprint density at radius 2 is 1.96 bits per heavy atom. The van der Waals surface area contributed by atoms with E-state index in [4.69, 9.17) is 4.74 Å². The van der Waals surface area contributed by atoms with Crippen LogP contribution in [-0.4, -0.2) is 68.3 Å². The first kappa shape index (κ1) is 15.0. The van der Waals surface area contributed by atoms with Gasteiger partial charge in [-0.3, -0.25) is 4.90 Å². The number of anilines is 1. The van der Waals surface area contributed by atoms with Crippen molar-refractivity contribution < 1.29 is 4.74 Å². The van der Waals surface area contributed by atoms with Crippen LogP contribution in [0.5, 0.6) is 5.75 Å². The molecule has 4 nitrogen and oxygen atoms in total. The van der Waals surface area contributed by atoms with Crippen molar-refractivity contribution in [3.8, 4) is 5.75 Å². The SMILES string of the molecule is C=Cc1ccc2c(c1)OC[C@H]1CN(C3CCN(C)CC3)CCN21. The Bertz CT molecular complexity index is 580. The standard InChI is InChI=1S/C19H27N3O/c1-3-15-4-5-18-19(12-15)23-14-17-13-21(10-11-22(17)18)16-6-8-20(2)9-7-16/h3-5,12,16-17H,1,6-11,13-14H2,2H3/t17-/m1/s1. The first-order valence-corrected chi connectivity index (χ1v) is 8.83. The van der Waals surface area contributed by atoms with Crippen LogP contribution in [0.1, 0.15) is 18.4 Å². The van der Waals surface area contributed by atoms with Crippen LogP contribution in [0.15, 0.2) is 24.8 Å². The van der Waals surface area contributed by atoms with Gasteiger partial charge in [-0.15, -0.1) is 0 Å². The third-order valence-electron chi connectivity index (χ3n) is 5.68. The summed E-state index contributed by atoms with van der Waals surface area (Å²) >= 11 is 0. The van der Waals surface area contributed by atoms with E-state index in [1.807, 2.05) is 6.08 Å². The number of fused-ring (bicyclic) bond motifs is 3. The number of benzene rings is 1. The van der Waals surface area contributed by atoms with E-state index in [2.05, 4.69) is 46.5 Å². The lowest BCUT2D eigenvalue weighted by atomic mass is 10.00. The Labute approximate surface area is 139 Å². The molecular weight excluding hydrogens is 286 g/mol. The Kier molecular flexibility index (Phi) is 4.04. The number of likely N-dealkylation sites (tertiary alicyclic amines) is 1. The second-order valence-electron chi connectivity index (χ2n) is 7.12. The van der Waals surface area contributed by atoms with E-state index in [-0.39, 0.29) is 0 Å². The second kappa shape index (κ2) is 6.17. The molecule has 3 aliphatic rings. The monoisotopic (exact) mass is 313 g/mol. The van der Waals surface area contributed by atoms with Gasteiger partial charge < -0.3 is 14.5 Å². The van der Waals surface area contributed by atoms with Crippen LogP contribution >= 0.6 is 0 Å². The average Bonchev–Trinajstić information content (AvgIpc) is 2.61. The van der Waals surface area contributed by atoms with E-state index in [0.29, 0.717) is 6.04 Å². The summed E-state index contributed by atoms with van der Waals surface area (Å²) in [7, 11) is 2.23. The molecular formula is C19H27N3O. The van der Waals surface area contributed by atoms with Gasteiger partial charge in [0.25, 0.3) is 0 Å². The molecule has 0 bridgehead atoms. The first-order chi connectivity index (χ1) is 11.2. The lowest BCUT2D eigenvalue weighted by Gasteiger charge is -2.48. The van der Waals surface area contributed by atoms with Crippen LogP contribution in [0.3, 0.4) is 0 Å². The van der Waals surface area contributed by atoms with Crippen molar-refractivity contribution in [2.24, 2.45) is 0 Å². The number of piperidine rings is 1. The van der Waals surface area contributed by atoms with Crippen molar-refractivity contribution in [1.29, 1.82) is 0 Å². The van der Waals surface area contributed by atoms with E-state index in [1.165, 1.54) is 38.2 Å². The quantitative estimate of drug-likeness (QED) is 0.834. The van der Waals surface area contributed by atoms with Crippen molar-refractivity contribution >= 4 is 11.8 Å². The van der Waals surface area contributed by atoms with Gasteiger partial charge in [0.05, 0.1) is 11.7 Å². The lowest BCUT2D eigenvalue weighted by molar-refractivity contribution is 0.0868. The summed E-state index contributed by atoms with van der Waals surface area (Å²) in [6.07, 6.45) is 4.50. The van der Waals surface area contributed by atoms with Crippen molar-refractivity contribution in [3.05, 3.63) is 30.3 Å². The fraction of sp³-hybridized carbons (Fsp3) is 0.579. The Balaban J connectivity index is 1.46. The van der Waals surface area contributed by atoms with Gasteiger partial charge in [-0.2, -0.15) is 0 Å². The molecule has 23 heavy (non-hydrogen) atoms. The van der Waals surface area contributed by atoms with Crippen molar-refractivity contribution in [3.63, 3.8) is 0 Å². The smallest absolute Gasteiger partial charge is 0.143 e. The molecule has 2 fully saturated rings. The predicted molar refractivity (Wildman–Crippen MR) is 95.3 cm³/mol. The molecule has 0 saturated carbocycles. The number of piperazine rings is 1. The highest BCUT2D eigenvalue weighted by atomic mass is 16.5. The molecule has 3 aliphatic heterocycles. The van der Waals surface area contributed by atoms with Gasteiger partial charge in [0, 0.05) is 25.7 Å². The zero-order chi connectivity index (χ0) is 15.8. The predicted octanol–water partition coefficient (Wildman–Crippen LogP) is 2.31. The van der Waals surface area contributed by atoms with E-state index in [0.717, 1.165) is 37.1 Å². The molecule has 2 saturated heterocycles. The molecule has 0 N–H and O–H groups in total. The third kappa shape index (κ3) is 2.86. The molecule has 1 atom stereocenters. The van der Waals surface area contributed by atoms with Gasteiger partial charge in [-0.05, 0) is 50.7 Å². The minimum Gasteiger partial charge on any atom is -0.489 e. The Hall–Kier alpha value is -1.52. The van der Waals surface area contributed by atoms with Crippen molar-refractivity contribution in [2.45, 2.75) is 24.9 Å². The molecule has 124 valence electrons. The summed E-state index contributed by atoms with van der Waals surface area (Å²) in [5.41, 5.74) is 2.39. The van der Waals surface area contributed by atoms with Gasteiger partial charge in [0.15, 0.2) is 0 Å². The molecule has 0 aliphatic carbocycles. The summed E-state index contributed by atoms with van der Waals surface area (Å²) in [5.74, 6) is 1.02. The van der Waals surface area contributed by atoms with Gasteiger partial charge in [-0.1, -0.05) is 18.7 Å². The normalized spacial score (nSPS) is 26.3. The van der Waals surface area contributed by atoms with Gasteiger partial charge in [0.2, 0.25) is 0 Å². The Morgan fingerprint density at radius 1 is 1.13 bits per heavy atom. The molecule has 0 radical (unpaired) electrons. The van der Waals surface area contributed by atoms with E-state index in [9.17, 15) is 0 Å². The van der Waals surface area contributed by atoms with Crippen LogP contribution in [0.25, 0.3) is 6.08 Å². The van der Waals surface area contributed by atoms with Crippen LogP contribution in [0, 0.1) is 0 Å². The lowest BCUT2D eigenvalue weighted by Crippen LogP contribution is -2.60. The minimum absolute atomic E-state index is 0.491. The molecule has 0 amide bonds. The zero-order valence-corrected chi connectivity index (χ0v) is 14.1. The maximum absolute atomic E-state index is 6.06. The van der Waals surface area contributed by atoms with Crippen LogP contribution in [-0.2, 0) is 0 Å². The van der Waals surface area contributed by atoms with Crippen LogP contribution < -0.4 is 9.64 Å². The number of hydrogen-bond acceptors (Lipinski definition) is 4. The second-order valence-corrected chi connectivity index (χ2v) is 7.12. The average molecular weight is 313 g/mol. The van der Waals surface area contributed by atoms with Gasteiger partial charge in [-0.25, -0.2) is 0 Å². The number of hydrogen-bond donors (Lipinski definition) is 0. The first-order valence-electron chi connectivity index (χ1n) is 8.83. The number of nitrogens with zero attached hydrogens (tertiary/aromatic N) is 3. The third-order valence-corrected chi connectivity index (χ3v) is 5.68. The maximum atomic E-state index is 6.06. The highest BCUT2D eigenvalue weighted by Gasteiger charge is 2.35.